The highest BCUT2D eigenvalue weighted by molar-refractivity contribution is 5.96. The fourth-order valence-corrected chi connectivity index (χ4v) is 4.39. The van der Waals surface area contributed by atoms with E-state index in [0.717, 1.165) is 35.4 Å². The van der Waals surface area contributed by atoms with Crippen molar-refractivity contribution < 1.29 is 22.7 Å². The Bertz CT molecular complexity index is 1150. The molecule has 0 bridgehead atoms. The Morgan fingerprint density at radius 1 is 1.16 bits per heavy atom. The summed E-state index contributed by atoms with van der Waals surface area (Å²) in [6, 6.07) is 4.20. The lowest BCUT2D eigenvalue weighted by Crippen LogP contribution is -2.49. The number of halogens is 3. The van der Waals surface area contributed by atoms with Crippen molar-refractivity contribution >= 4 is 5.91 Å². The zero-order valence-electron chi connectivity index (χ0n) is 21.4. The van der Waals surface area contributed by atoms with Crippen molar-refractivity contribution in [1.82, 2.24) is 14.8 Å². The maximum Gasteiger partial charge on any atom is 0.424 e. The number of benzene rings is 1. The number of hydrogen-bond acceptors (Lipinski definition) is 6. The summed E-state index contributed by atoms with van der Waals surface area (Å²) in [5, 5.41) is 1.51. The lowest BCUT2D eigenvalue weighted by Gasteiger charge is -2.38. The third kappa shape index (κ3) is 7.08. The SMILES string of the molecule is Cc1c(OCCCN(N)/C=C\N)ccc([C@@H](C)N2CCN(C(=O)C3=C=C=C(C(F)(F)F)C=C3)CC2)c1C. The summed E-state index contributed by atoms with van der Waals surface area (Å²) in [4.78, 5) is 16.7. The smallest absolute Gasteiger partial charge is 0.424 e. The van der Waals surface area contributed by atoms with Crippen LogP contribution in [0.4, 0.5) is 13.2 Å². The Balaban J connectivity index is 1.57. The van der Waals surface area contributed by atoms with Gasteiger partial charge in [-0.2, -0.15) is 13.2 Å². The van der Waals surface area contributed by atoms with Gasteiger partial charge in [-0.25, -0.2) is 5.84 Å². The number of allylic oxidation sites excluding steroid dienone is 2. The maximum absolute atomic E-state index is 12.8. The quantitative estimate of drug-likeness (QED) is 0.225. The third-order valence-corrected chi connectivity index (χ3v) is 6.76. The first-order chi connectivity index (χ1) is 17.5. The zero-order chi connectivity index (χ0) is 27.2. The number of alkyl halides is 3. The minimum absolute atomic E-state index is 0.0894. The van der Waals surface area contributed by atoms with Crippen LogP contribution < -0.4 is 16.3 Å². The number of carbonyl (C=O) groups excluding carboxylic acids is 1. The van der Waals surface area contributed by atoms with E-state index in [1.54, 1.807) is 11.1 Å². The molecule has 2 aliphatic rings. The molecule has 1 aromatic carbocycles. The number of nitrogens with two attached hydrogens (primary N) is 2. The van der Waals surface area contributed by atoms with Gasteiger partial charge >= 0.3 is 6.18 Å². The monoisotopic (exact) mass is 517 g/mol. The van der Waals surface area contributed by atoms with Crippen molar-refractivity contribution in [2.75, 3.05) is 39.3 Å². The molecule has 0 spiro atoms. The second kappa shape index (κ2) is 12.2. The largest absolute Gasteiger partial charge is 0.493 e. The highest BCUT2D eigenvalue weighted by atomic mass is 19.4. The predicted molar refractivity (Wildman–Crippen MR) is 136 cm³/mol. The van der Waals surface area contributed by atoms with Crippen molar-refractivity contribution in [2.45, 2.75) is 39.4 Å². The minimum Gasteiger partial charge on any atom is -0.493 e. The van der Waals surface area contributed by atoms with Crippen molar-refractivity contribution in [1.29, 1.82) is 0 Å². The lowest BCUT2D eigenvalue weighted by atomic mass is 9.96. The normalized spacial score (nSPS) is 17.1. The Morgan fingerprint density at radius 2 is 1.86 bits per heavy atom. The lowest BCUT2D eigenvalue weighted by molar-refractivity contribution is -0.128. The number of rotatable bonds is 9. The Morgan fingerprint density at radius 3 is 2.46 bits per heavy atom. The molecule has 1 aliphatic heterocycles. The van der Waals surface area contributed by atoms with E-state index in [0.29, 0.717) is 39.3 Å². The van der Waals surface area contributed by atoms with E-state index in [-0.39, 0.29) is 17.5 Å². The standard InChI is InChI=1S/C27H34F3N5O2/c1-19-20(2)25(37-18-4-12-35(32)13-11-31)10-9-24(19)21(3)33-14-16-34(17-15-33)26(36)22-5-7-23(8-6-22)27(28,29)30/h5,7,9-11,13,21H,4,12,14-18,31-32H2,1-3H3/b13-11-/t21-/m1/s1. The van der Waals surface area contributed by atoms with Crippen molar-refractivity contribution in [3.63, 3.8) is 0 Å². The maximum atomic E-state index is 12.8. The summed E-state index contributed by atoms with van der Waals surface area (Å²) < 4.78 is 44.2. The van der Waals surface area contributed by atoms with E-state index in [4.69, 9.17) is 16.3 Å². The summed E-state index contributed by atoms with van der Waals surface area (Å²) in [6.45, 7) is 9.69. The van der Waals surface area contributed by atoms with Gasteiger partial charge in [0.2, 0.25) is 0 Å². The summed E-state index contributed by atoms with van der Waals surface area (Å²) >= 11 is 0. The van der Waals surface area contributed by atoms with Gasteiger partial charge in [0.25, 0.3) is 5.91 Å². The molecule has 4 N–H and O–H groups in total. The highest BCUT2D eigenvalue weighted by Crippen LogP contribution is 2.32. The predicted octanol–water partition coefficient (Wildman–Crippen LogP) is 3.62. The average Bonchev–Trinajstić information content (AvgIpc) is 2.88. The molecule has 0 unspecified atom stereocenters. The van der Waals surface area contributed by atoms with Gasteiger partial charge in [-0.1, -0.05) is 17.5 Å². The number of amides is 1. The second-order valence-corrected chi connectivity index (χ2v) is 9.10. The number of piperazine rings is 1. The molecule has 1 fully saturated rings. The molecule has 200 valence electrons. The fraction of sp³-hybridized carbons (Fsp3) is 0.444. The van der Waals surface area contributed by atoms with Crippen LogP contribution in [0.1, 0.15) is 36.1 Å². The first-order valence-corrected chi connectivity index (χ1v) is 12.2. The van der Waals surface area contributed by atoms with Gasteiger partial charge in [0.05, 0.1) is 12.2 Å². The molecule has 37 heavy (non-hydrogen) atoms. The summed E-state index contributed by atoms with van der Waals surface area (Å²) in [5.41, 5.74) is 12.3. The van der Waals surface area contributed by atoms with Gasteiger partial charge < -0.3 is 20.4 Å². The number of carbonyl (C=O) groups is 1. The van der Waals surface area contributed by atoms with E-state index in [1.165, 1.54) is 16.8 Å². The zero-order valence-corrected chi connectivity index (χ0v) is 21.4. The van der Waals surface area contributed by atoms with E-state index < -0.39 is 11.7 Å². The van der Waals surface area contributed by atoms with Crippen molar-refractivity contribution in [3.05, 3.63) is 76.0 Å². The Hall–Kier alpha value is -3.42. The van der Waals surface area contributed by atoms with Crippen LogP contribution in [0.5, 0.6) is 5.75 Å². The summed E-state index contributed by atoms with van der Waals surface area (Å²) in [5.74, 6) is 6.27. The number of nitrogens with zero attached hydrogens (tertiary/aromatic N) is 3. The Labute approximate surface area is 215 Å². The molecule has 7 nitrogen and oxygen atoms in total. The molecular formula is C27H34F3N5O2. The molecular weight excluding hydrogens is 483 g/mol. The molecule has 10 heteroatoms. The molecule has 1 atom stereocenters. The molecule has 1 amide bonds. The molecule has 1 aromatic rings. The first kappa shape index (κ1) is 28.2. The molecule has 0 aromatic heterocycles. The Kier molecular flexibility index (Phi) is 9.29. The minimum atomic E-state index is -4.50. The van der Waals surface area contributed by atoms with Gasteiger partial charge in [0.1, 0.15) is 11.3 Å². The highest BCUT2D eigenvalue weighted by Gasteiger charge is 2.33. The van der Waals surface area contributed by atoms with E-state index >= 15 is 0 Å². The first-order valence-electron chi connectivity index (χ1n) is 12.2. The third-order valence-electron chi connectivity index (χ3n) is 6.76. The van der Waals surface area contributed by atoms with Crippen molar-refractivity contribution in [3.8, 4) is 5.75 Å². The van der Waals surface area contributed by atoms with Crippen LogP contribution in [0.3, 0.4) is 0 Å². The molecule has 1 heterocycles. The van der Waals surface area contributed by atoms with Crippen LogP contribution in [0.2, 0.25) is 0 Å². The van der Waals surface area contributed by atoms with Gasteiger partial charge in [-0.3, -0.25) is 9.69 Å². The topological polar surface area (TPSA) is 88.1 Å². The average molecular weight is 518 g/mol. The number of ether oxygens (including phenoxy) is 1. The van der Waals surface area contributed by atoms with Crippen LogP contribution in [-0.4, -0.2) is 66.2 Å². The molecule has 1 saturated heterocycles. The van der Waals surface area contributed by atoms with Crippen LogP contribution >= 0.6 is 0 Å². The van der Waals surface area contributed by atoms with Crippen LogP contribution in [0.15, 0.2) is 59.3 Å². The molecule has 0 saturated carbocycles. The summed E-state index contributed by atoms with van der Waals surface area (Å²) in [7, 11) is 0. The van der Waals surface area contributed by atoms with E-state index in [2.05, 4.69) is 36.3 Å². The molecule has 0 radical (unpaired) electrons. The van der Waals surface area contributed by atoms with Gasteiger partial charge in [0.15, 0.2) is 0 Å². The van der Waals surface area contributed by atoms with Crippen molar-refractivity contribution in [2.24, 2.45) is 11.6 Å². The molecule has 1 aliphatic carbocycles. The number of hydrogen-bond donors (Lipinski definition) is 2. The van der Waals surface area contributed by atoms with Gasteiger partial charge in [-0.15, -0.1) is 0 Å². The van der Waals surface area contributed by atoms with Crippen LogP contribution in [-0.2, 0) is 4.79 Å². The summed E-state index contributed by atoms with van der Waals surface area (Å²) in [6.07, 6.45) is 1.27. The van der Waals surface area contributed by atoms with Crippen LogP contribution in [0, 0.1) is 13.8 Å². The number of hydrazine groups is 1. The fourth-order valence-electron chi connectivity index (χ4n) is 4.39. The molecule has 3 rings (SSSR count). The van der Waals surface area contributed by atoms with Gasteiger partial charge in [-0.05, 0) is 55.7 Å². The van der Waals surface area contributed by atoms with Gasteiger partial charge in [0, 0.05) is 57.6 Å². The van der Waals surface area contributed by atoms with E-state index in [9.17, 15) is 18.0 Å². The van der Waals surface area contributed by atoms with E-state index in [1.807, 2.05) is 13.0 Å². The second-order valence-electron chi connectivity index (χ2n) is 9.10. The van der Waals surface area contributed by atoms with Crippen LogP contribution in [0.25, 0.3) is 0 Å².